The van der Waals surface area contributed by atoms with Gasteiger partial charge in [0.05, 0.1) is 5.69 Å². The van der Waals surface area contributed by atoms with Crippen LogP contribution in [0.2, 0.25) is 0 Å². The van der Waals surface area contributed by atoms with E-state index in [4.69, 9.17) is 0 Å². The summed E-state index contributed by atoms with van der Waals surface area (Å²) in [5.74, 6) is 0.285. The first-order valence-electron chi connectivity index (χ1n) is 7.77. The van der Waals surface area contributed by atoms with Gasteiger partial charge < -0.3 is 5.32 Å². The van der Waals surface area contributed by atoms with E-state index in [1.807, 2.05) is 19.2 Å². The zero-order valence-corrected chi connectivity index (χ0v) is 15.0. The van der Waals surface area contributed by atoms with E-state index in [0.717, 1.165) is 17.0 Å². The van der Waals surface area contributed by atoms with Gasteiger partial charge in [-0.15, -0.1) is 11.3 Å². The lowest BCUT2D eigenvalue weighted by Crippen LogP contribution is -2.15. The fourth-order valence-electron chi connectivity index (χ4n) is 2.61. The van der Waals surface area contributed by atoms with Crippen molar-refractivity contribution in [1.82, 2.24) is 24.7 Å². The zero-order chi connectivity index (χ0) is 18.0. The quantitative estimate of drug-likeness (QED) is 0.725. The number of thiazole rings is 1. The van der Waals surface area contributed by atoms with Crippen molar-refractivity contribution in [3.05, 3.63) is 50.6 Å². The number of carbonyl (C=O) groups excluding carboxylic acids is 1. The summed E-state index contributed by atoms with van der Waals surface area (Å²) in [5.41, 5.74) is 3.03. The molecule has 0 bridgehead atoms. The fraction of sp³-hybridized carbons (Fsp3) is 0.312. The second kappa shape index (κ2) is 6.98. The van der Waals surface area contributed by atoms with Crippen LogP contribution in [0.1, 0.15) is 29.1 Å². The number of carbonyl (C=O) groups is 1. The first kappa shape index (κ1) is 17.0. The number of nitrogens with one attached hydrogen (secondary N) is 2. The van der Waals surface area contributed by atoms with Crippen molar-refractivity contribution in [2.24, 2.45) is 0 Å². The molecule has 3 rings (SSSR count). The number of aromatic nitrogens is 5. The molecule has 0 fully saturated rings. The average molecular weight is 358 g/mol. The van der Waals surface area contributed by atoms with Crippen molar-refractivity contribution in [3.63, 3.8) is 0 Å². The van der Waals surface area contributed by atoms with E-state index in [0.29, 0.717) is 29.6 Å². The van der Waals surface area contributed by atoms with E-state index in [1.165, 1.54) is 17.4 Å². The maximum atomic E-state index is 12.0. The van der Waals surface area contributed by atoms with Crippen LogP contribution in [-0.4, -0.2) is 30.6 Å². The summed E-state index contributed by atoms with van der Waals surface area (Å²) in [6, 6.07) is 1.43. The predicted molar refractivity (Wildman–Crippen MR) is 95.3 cm³/mol. The summed E-state index contributed by atoms with van der Waals surface area (Å²) in [7, 11) is 0. The van der Waals surface area contributed by atoms with Crippen molar-refractivity contribution in [3.8, 4) is 5.95 Å². The fourth-order valence-corrected chi connectivity index (χ4v) is 3.16. The molecule has 0 aliphatic rings. The van der Waals surface area contributed by atoms with Gasteiger partial charge in [-0.2, -0.15) is 5.10 Å². The molecule has 130 valence electrons. The number of aromatic amines is 1. The lowest BCUT2D eigenvalue weighted by atomic mass is 10.1. The van der Waals surface area contributed by atoms with Gasteiger partial charge in [0.1, 0.15) is 0 Å². The molecule has 0 saturated carbocycles. The van der Waals surface area contributed by atoms with Crippen molar-refractivity contribution >= 4 is 22.4 Å². The normalized spacial score (nSPS) is 10.8. The first-order valence-corrected chi connectivity index (χ1v) is 8.65. The van der Waals surface area contributed by atoms with Crippen molar-refractivity contribution in [1.29, 1.82) is 0 Å². The van der Waals surface area contributed by atoms with Crippen LogP contribution in [0.15, 0.2) is 22.4 Å². The number of anilines is 1. The van der Waals surface area contributed by atoms with Crippen LogP contribution in [0.3, 0.4) is 0 Å². The molecule has 1 amide bonds. The summed E-state index contributed by atoms with van der Waals surface area (Å²) < 4.78 is 1.61. The summed E-state index contributed by atoms with van der Waals surface area (Å²) in [6.07, 6.45) is 2.52. The summed E-state index contributed by atoms with van der Waals surface area (Å²) in [5, 5.41) is 9.63. The van der Waals surface area contributed by atoms with E-state index in [2.05, 4.69) is 25.4 Å². The van der Waals surface area contributed by atoms with Gasteiger partial charge in [0, 0.05) is 35.5 Å². The SMILES string of the molecule is Cc1cc(=O)[nH]c(-n2nc(C)c(CCC(=O)Nc3nccs3)c2C)n1. The molecule has 8 nitrogen and oxygen atoms in total. The number of nitrogens with zero attached hydrogens (tertiary/aromatic N) is 4. The summed E-state index contributed by atoms with van der Waals surface area (Å²) in [4.78, 5) is 34.7. The maximum absolute atomic E-state index is 12.0. The lowest BCUT2D eigenvalue weighted by molar-refractivity contribution is -0.116. The Kier molecular flexibility index (Phi) is 4.75. The van der Waals surface area contributed by atoms with E-state index in [-0.39, 0.29) is 11.5 Å². The Labute approximate surface area is 148 Å². The van der Waals surface area contributed by atoms with Gasteiger partial charge in [-0.05, 0) is 32.8 Å². The molecule has 9 heteroatoms. The number of hydrogen-bond acceptors (Lipinski definition) is 6. The topological polar surface area (TPSA) is 106 Å². The van der Waals surface area contributed by atoms with Gasteiger partial charge in [-0.1, -0.05) is 0 Å². The molecule has 3 heterocycles. The molecule has 2 N–H and O–H groups in total. The maximum Gasteiger partial charge on any atom is 0.252 e. The second-order valence-electron chi connectivity index (χ2n) is 5.66. The average Bonchev–Trinajstić information content (AvgIpc) is 3.13. The Morgan fingerprint density at radius 3 is 2.84 bits per heavy atom. The number of hydrogen-bond donors (Lipinski definition) is 2. The molecule has 0 radical (unpaired) electrons. The third-order valence-corrected chi connectivity index (χ3v) is 4.47. The molecule has 0 unspecified atom stereocenters. The van der Waals surface area contributed by atoms with Gasteiger partial charge in [-0.3, -0.25) is 14.6 Å². The number of aryl methyl sites for hydroxylation is 2. The molecule has 0 aromatic carbocycles. The second-order valence-corrected chi connectivity index (χ2v) is 6.55. The predicted octanol–water partition coefficient (Wildman–Crippen LogP) is 1.91. The molecule has 3 aromatic rings. The highest BCUT2D eigenvalue weighted by atomic mass is 32.1. The first-order chi connectivity index (χ1) is 11.9. The van der Waals surface area contributed by atoms with E-state index < -0.39 is 0 Å². The minimum atomic E-state index is -0.223. The third kappa shape index (κ3) is 3.82. The van der Waals surface area contributed by atoms with Crippen LogP contribution in [-0.2, 0) is 11.2 Å². The molecule has 0 saturated heterocycles. The van der Waals surface area contributed by atoms with Crippen LogP contribution < -0.4 is 10.9 Å². The Hall–Kier alpha value is -2.81. The Balaban J connectivity index is 1.78. The lowest BCUT2D eigenvalue weighted by Gasteiger charge is -2.05. The molecular formula is C16H18N6O2S. The van der Waals surface area contributed by atoms with Gasteiger partial charge in [0.2, 0.25) is 11.9 Å². The number of rotatable bonds is 5. The van der Waals surface area contributed by atoms with E-state index >= 15 is 0 Å². The smallest absolute Gasteiger partial charge is 0.252 e. The van der Waals surface area contributed by atoms with Crippen LogP contribution >= 0.6 is 11.3 Å². The van der Waals surface area contributed by atoms with Gasteiger partial charge in [0.25, 0.3) is 5.56 Å². The molecule has 0 aliphatic heterocycles. The highest BCUT2D eigenvalue weighted by molar-refractivity contribution is 7.13. The minimum Gasteiger partial charge on any atom is -0.302 e. The van der Waals surface area contributed by atoms with Gasteiger partial charge >= 0.3 is 0 Å². The molecule has 3 aromatic heterocycles. The summed E-state index contributed by atoms with van der Waals surface area (Å²) >= 11 is 1.38. The highest BCUT2D eigenvalue weighted by Crippen LogP contribution is 2.18. The van der Waals surface area contributed by atoms with Crippen molar-refractivity contribution in [2.75, 3.05) is 5.32 Å². The van der Waals surface area contributed by atoms with E-state index in [9.17, 15) is 9.59 Å². The monoisotopic (exact) mass is 358 g/mol. The van der Waals surface area contributed by atoms with Gasteiger partial charge in [-0.25, -0.2) is 14.6 Å². The van der Waals surface area contributed by atoms with Crippen LogP contribution in [0.5, 0.6) is 0 Å². The Morgan fingerprint density at radius 2 is 2.16 bits per heavy atom. The van der Waals surface area contributed by atoms with Crippen LogP contribution in [0, 0.1) is 20.8 Å². The molecule has 25 heavy (non-hydrogen) atoms. The largest absolute Gasteiger partial charge is 0.302 e. The molecule has 0 atom stereocenters. The number of amides is 1. The standard InChI is InChI=1S/C16H18N6O2S/c1-9-8-14(24)19-15(18-9)22-11(3)12(10(2)21-22)4-5-13(23)20-16-17-6-7-25-16/h6-8H,4-5H2,1-3H3,(H,17,20,23)(H,18,19,24). The van der Waals surface area contributed by atoms with E-state index in [1.54, 1.807) is 17.8 Å². The molecule has 0 spiro atoms. The summed E-state index contributed by atoms with van der Waals surface area (Å²) in [6.45, 7) is 5.54. The van der Waals surface area contributed by atoms with Crippen molar-refractivity contribution in [2.45, 2.75) is 33.6 Å². The van der Waals surface area contributed by atoms with Crippen molar-refractivity contribution < 1.29 is 4.79 Å². The Morgan fingerprint density at radius 1 is 1.36 bits per heavy atom. The zero-order valence-electron chi connectivity index (χ0n) is 14.2. The van der Waals surface area contributed by atoms with Crippen LogP contribution in [0.25, 0.3) is 5.95 Å². The van der Waals surface area contributed by atoms with Crippen LogP contribution in [0.4, 0.5) is 5.13 Å². The number of H-pyrrole nitrogens is 1. The Bertz CT molecular complexity index is 958. The highest BCUT2D eigenvalue weighted by Gasteiger charge is 2.16. The van der Waals surface area contributed by atoms with Gasteiger partial charge in [0.15, 0.2) is 5.13 Å². The molecule has 0 aliphatic carbocycles. The minimum absolute atomic E-state index is 0.0939. The molecular weight excluding hydrogens is 340 g/mol. The third-order valence-electron chi connectivity index (χ3n) is 3.78.